The highest BCUT2D eigenvalue weighted by Gasteiger charge is 2.49. The molecule has 0 aromatic heterocycles. The zero-order valence-corrected chi connectivity index (χ0v) is 12.1. The second-order valence-corrected chi connectivity index (χ2v) is 4.65. The molecule has 1 saturated heterocycles. The first kappa shape index (κ1) is 15.6. The lowest BCUT2D eigenvalue weighted by Crippen LogP contribution is -2.63. The van der Waals surface area contributed by atoms with Gasteiger partial charge in [-0.3, -0.25) is 14.5 Å². The number of esters is 1. The molecule has 0 bridgehead atoms. The molecule has 0 aromatic rings. The van der Waals surface area contributed by atoms with Crippen LogP contribution in [0.5, 0.6) is 0 Å². The molecule has 0 aliphatic carbocycles. The summed E-state index contributed by atoms with van der Waals surface area (Å²) in [6.45, 7) is 5.13. The highest BCUT2D eigenvalue weighted by Crippen LogP contribution is 2.33. The Hall–Kier alpha value is -1.50. The Bertz CT molecular complexity index is 418. The number of carbonyl (C=O) groups excluding carboxylic acids is 3. The fraction of sp³-hybridized carbons (Fsp3) is 0.667. The predicted octanol–water partition coefficient (Wildman–Crippen LogP) is 1.24. The number of nitrogens with one attached hydrogen (secondary N) is 1. The van der Waals surface area contributed by atoms with Gasteiger partial charge in [0.1, 0.15) is 6.54 Å². The van der Waals surface area contributed by atoms with Crippen LogP contribution in [0.1, 0.15) is 33.6 Å². The van der Waals surface area contributed by atoms with Crippen LogP contribution in [-0.4, -0.2) is 40.9 Å². The Labute approximate surface area is 117 Å². The lowest BCUT2D eigenvalue weighted by Gasteiger charge is -2.39. The molecule has 6 nitrogen and oxygen atoms in total. The van der Waals surface area contributed by atoms with Crippen molar-refractivity contribution < 1.29 is 19.1 Å². The second-order valence-electron chi connectivity index (χ2n) is 4.24. The number of ether oxygens (including phenoxy) is 1. The van der Waals surface area contributed by atoms with Crippen molar-refractivity contribution in [2.24, 2.45) is 5.41 Å². The first-order valence-corrected chi connectivity index (χ1v) is 6.66. The van der Waals surface area contributed by atoms with Crippen molar-refractivity contribution in [3.63, 3.8) is 0 Å². The third-order valence-electron chi connectivity index (χ3n) is 3.35. The molecule has 1 fully saturated rings. The van der Waals surface area contributed by atoms with E-state index in [0.29, 0.717) is 12.8 Å². The molecular weight excluding hydrogens is 268 g/mol. The molecule has 1 rings (SSSR count). The molecule has 0 saturated carbocycles. The molecule has 0 radical (unpaired) electrons. The third-order valence-corrected chi connectivity index (χ3v) is 3.85. The highest BCUT2D eigenvalue weighted by molar-refractivity contribution is 7.80. The van der Waals surface area contributed by atoms with Crippen molar-refractivity contribution in [2.75, 3.05) is 13.2 Å². The molecule has 7 heteroatoms. The molecule has 0 atom stereocenters. The normalized spacial score (nSPS) is 18.3. The Morgan fingerprint density at radius 2 is 1.89 bits per heavy atom. The van der Waals surface area contributed by atoms with Crippen LogP contribution in [0, 0.1) is 5.41 Å². The van der Waals surface area contributed by atoms with E-state index in [4.69, 9.17) is 17.0 Å². The van der Waals surface area contributed by atoms with E-state index in [0.717, 1.165) is 4.90 Å². The van der Waals surface area contributed by atoms with Crippen LogP contribution in [0.4, 0.5) is 4.79 Å². The Balaban J connectivity index is 2.99. The number of nitrogens with zero attached hydrogens (tertiary/aromatic N) is 1. The van der Waals surface area contributed by atoms with Crippen LogP contribution in [-0.2, 0) is 14.3 Å². The van der Waals surface area contributed by atoms with E-state index in [-0.39, 0.29) is 18.1 Å². The van der Waals surface area contributed by atoms with Gasteiger partial charge in [-0.2, -0.15) is 0 Å². The number of rotatable bonds is 5. The summed E-state index contributed by atoms with van der Waals surface area (Å²) < 4.78 is 4.76. The molecule has 1 N–H and O–H groups in total. The zero-order chi connectivity index (χ0) is 14.6. The average Bonchev–Trinajstić information content (AvgIpc) is 2.36. The maximum absolute atomic E-state index is 12.4. The van der Waals surface area contributed by atoms with Crippen molar-refractivity contribution >= 4 is 35.1 Å². The lowest BCUT2D eigenvalue weighted by atomic mass is 9.79. The highest BCUT2D eigenvalue weighted by atomic mass is 32.1. The van der Waals surface area contributed by atoms with E-state index in [1.54, 1.807) is 6.92 Å². The Kier molecular flexibility index (Phi) is 4.99. The van der Waals surface area contributed by atoms with Gasteiger partial charge >= 0.3 is 12.0 Å². The molecule has 0 unspecified atom stereocenters. The molecule has 1 aliphatic heterocycles. The van der Waals surface area contributed by atoms with Crippen LogP contribution in [0.15, 0.2) is 0 Å². The van der Waals surface area contributed by atoms with Gasteiger partial charge in [0.05, 0.1) is 17.0 Å². The fourth-order valence-corrected chi connectivity index (χ4v) is 2.55. The predicted molar refractivity (Wildman–Crippen MR) is 72.5 cm³/mol. The van der Waals surface area contributed by atoms with Crippen molar-refractivity contribution in [3.8, 4) is 0 Å². The summed E-state index contributed by atoms with van der Waals surface area (Å²) in [4.78, 5) is 36.8. The summed E-state index contributed by atoms with van der Waals surface area (Å²) in [5.74, 6) is -1.04. The van der Waals surface area contributed by atoms with E-state index in [2.05, 4.69) is 5.32 Å². The Morgan fingerprint density at radius 1 is 1.32 bits per heavy atom. The molecule has 106 valence electrons. The first-order valence-electron chi connectivity index (χ1n) is 6.25. The monoisotopic (exact) mass is 286 g/mol. The number of amides is 3. The number of hydrogen-bond acceptors (Lipinski definition) is 5. The number of carbonyl (C=O) groups is 3. The van der Waals surface area contributed by atoms with Gasteiger partial charge < -0.3 is 10.1 Å². The summed E-state index contributed by atoms with van der Waals surface area (Å²) in [6, 6.07) is -0.666. The minimum absolute atomic E-state index is 0.202. The van der Waals surface area contributed by atoms with Crippen molar-refractivity contribution in [3.05, 3.63) is 0 Å². The summed E-state index contributed by atoms with van der Waals surface area (Å²) in [6.07, 6.45) is 0.946. The number of urea groups is 1. The molecule has 0 aromatic carbocycles. The minimum atomic E-state index is -0.907. The maximum Gasteiger partial charge on any atom is 0.329 e. The van der Waals surface area contributed by atoms with Gasteiger partial charge in [0.25, 0.3) is 0 Å². The van der Waals surface area contributed by atoms with E-state index >= 15 is 0 Å². The summed E-state index contributed by atoms with van der Waals surface area (Å²) >= 11 is 5.11. The summed E-state index contributed by atoms with van der Waals surface area (Å²) in [5.41, 5.74) is -0.907. The van der Waals surface area contributed by atoms with Gasteiger partial charge in [0, 0.05) is 0 Å². The molecule has 1 aliphatic rings. The van der Waals surface area contributed by atoms with E-state index in [1.807, 2.05) is 13.8 Å². The summed E-state index contributed by atoms with van der Waals surface area (Å²) in [7, 11) is 0. The largest absolute Gasteiger partial charge is 0.465 e. The second kappa shape index (κ2) is 6.10. The topological polar surface area (TPSA) is 75.7 Å². The van der Waals surface area contributed by atoms with Gasteiger partial charge in [-0.15, -0.1) is 0 Å². The summed E-state index contributed by atoms with van der Waals surface area (Å²) in [5, 5.41) is 2.49. The SMILES string of the molecule is CCOC(=O)CN1C(=O)NC(=S)C(CC)(CC)C1=O. The molecule has 3 amide bonds. The minimum Gasteiger partial charge on any atom is -0.465 e. The Morgan fingerprint density at radius 3 is 2.37 bits per heavy atom. The fourth-order valence-electron chi connectivity index (χ4n) is 2.08. The lowest BCUT2D eigenvalue weighted by molar-refractivity contribution is -0.149. The van der Waals surface area contributed by atoms with Crippen LogP contribution in [0.25, 0.3) is 0 Å². The quantitative estimate of drug-likeness (QED) is 0.608. The maximum atomic E-state index is 12.4. The van der Waals surface area contributed by atoms with Gasteiger partial charge in [-0.1, -0.05) is 26.1 Å². The van der Waals surface area contributed by atoms with Gasteiger partial charge in [0.2, 0.25) is 5.91 Å². The van der Waals surface area contributed by atoms with Crippen molar-refractivity contribution in [1.82, 2.24) is 10.2 Å². The smallest absolute Gasteiger partial charge is 0.329 e. The molecular formula is C12H18N2O4S. The molecule has 19 heavy (non-hydrogen) atoms. The molecule has 0 spiro atoms. The van der Waals surface area contributed by atoms with Gasteiger partial charge in [0.15, 0.2) is 0 Å². The van der Waals surface area contributed by atoms with Crippen LogP contribution < -0.4 is 5.32 Å². The van der Waals surface area contributed by atoms with Crippen LogP contribution in [0.3, 0.4) is 0 Å². The third kappa shape index (κ3) is 2.75. The first-order chi connectivity index (χ1) is 8.92. The number of hydrogen-bond donors (Lipinski definition) is 1. The standard InChI is InChI=1S/C12H18N2O4S/c1-4-12(5-2)9(19)13-11(17)14(10(12)16)7-8(15)18-6-3/h4-7H2,1-3H3,(H,13,17,19). The van der Waals surface area contributed by atoms with E-state index in [9.17, 15) is 14.4 Å². The van der Waals surface area contributed by atoms with Crippen LogP contribution in [0.2, 0.25) is 0 Å². The van der Waals surface area contributed by atoms with Crippen molar-refractivity contribution in [2.45, 2.75) is 33.6 Å². The number of thiocarbonyl (C=S) groups is 1. The van der Waals surface area contributed by atoms with Gasteiger partial charge in [-0.25, -0.2) is 4.79 Å². The number of imide groups is 1. The molecule has 1 heterocycles. The zero-order valence-electron chi connectivity index (χ0n) is 11.3. The van der Waals surface area contributed by atoms with Crippen LogP contribution >= 0.6 is 12.2 Å². The van der Waals surface area contributed by atoms with E-state index in [1.165, 1.54) is 0 Å². The average molecular weight is 286 g/mol. The van der Waals surface area contributed by atoms with Gasteiger partial charge in [-0.05, 0) is 19.8 Å². The van der Waals surface area contributed by atoms with E-state index < -0.39 is 23.3 Å². The van der Waals surface area contributed by atoms with Crippen molar-refractivity contribution in [1.29, 1.82) is 0 Å².